The summed E-state index contributed by atoms with van der Waals surface area (Å²) in [4.78, 5) is 1.19. The van der Waals surface area contributed by atoms with Gasteiger partial charge in [0, 0.05) is 35.4 Å². The number of methoxy groups -OCH3 is 1. The summed E-state index contributed by atoms with van der Waals surface area (Å²) in [5.41, 5.74) is 6.80. The van der Waals surface area contributed by atoms with Crippen molar-refractivity contribution in [1.82, 2.24) is 0 Å². The maximum atomic E-state index is 6.15. The molecular formula is C12H18ClNOS. The average molecular weight is 260 g/mol. The fourth-order valence-corrected chi connectivity index (χ4v) is 2.64. The number of hydrogen-bond donors (Lipinski definition) is 1. The third-order valence-electron chi connectivity index (χ3n) is 2.22. The van der Waals surface area contributed by atoms with Crippen LogP contribution >= 0.6 is 23.4 Å². The van der Waals surface area contributed by atoms with Gasteiger partial charge in [-0.1, -0.05) is 17.7 Å². The molecule has 0 saturated heterocycles. The van der Waals surface area contributed by atoms with E-state index >= 15 is 0 Å². The second-order valence-electron chi connectivity index (χ2n) is 3.67. The molecule has 2 N–H and O–H groups in total. The van der Waals surface area contributed by atoms with Gasteiger partial charge in [0.1, 0.15) is 0 Å². The zero-order valence-electron chi connectivity index (χ0n) is 9.70. The minimum absolute atomic E-state index is 0.0139. The molecule has 90 valence electrons. The Labute approximate surface area is 107 Å². The van der Waals surface area contributed by atoms with E-state index in [9.17, 15) is 0 Å². The number of thioether (sulfide) groups is 1. The normalized spacial score (nSPS) is 12.8. The van der Waals surface area contributed by atoms with Crippen molar-refractivity contribution >= 4 is 23.4 Å². The smallest absolute Gasteiger partial charge is 0.0470 e. The van der Waals surface area contributed by atoms with Crippen LogP contribution in [0.25, 0.3) is 0 Å². The molecule has 0 aliphatic carbocycles. The lowest BCUT2D eigenvalue weighted by Crippen LogP contribution is -2.05. The van der Waals surface area contributed by atoms with Gasteiger partial charge in [-0.2, -0.15) is 0 Å². The number of rotatable bonds is 6. The lowest BCUT2D eigenvalue weighted by molar-refractivity contribution is 0.200. The van der Waals surface area contributed by atoms with Gasteiger partial charge in [0.15, 0.2) is 0 Å². The summed E-state index contributed by atoms with van der Waals surface area (Å²) in [7, 11) is 1.72. The third kappa shape index (κ3) is 4.34. The Morgan fingerprint density at radius 3 is 2.81 bits per heavy atom. The predicted molar refractivity (Wildman–Crippen MR) is 71.3 cm³/mol. The maximum absolute atomic E-state index is 6.15. The van der Waals surface area contributed by atoms with E-state index in [4.69, 9.17) is 22.1 Å². The van der Waals surface area contributed by atoms with Crippen molar-refractivity contribution in [2.24, 2.45) is 5.73 Å². The molecule has 0 fully saturated rings. The molecular weight excluding hydrogens is 242 g/mol. The molecule has 1 aromatic carbocycles. The van der Waals surface area contributed by atoms with Crippen molar-refractivity contribution < 1.29 is 4.74 Å². The van der Waals surface area contributed by atoms with E-state index in [1.807, 2.05) is 19.1 Å². The fourth-order valence-electron chi connectivity index (χ4n) is 1.36. The van der Waals surface area contributed by atoms with Crippen molar-refractivity contribution in [3.63, 3.8) is 0 Å². The number of nitrogens with two attached hydrogens (primary N) is 1. The van der Waals surface area contributed by atoms with Crippen molar-refractivity contribution in [3.05, 3.63) is 28.8 Å². The largest absolute Gasteiger partial charge is 0.385 e. The van der Waals surface area contributed by atoms with Crippen LogP contribution in [0.15, 0.2) is 23.1 Å². The summed E-state index contributed by atoms with van der Waals surface area (Å²) < 4.78 is 5.00. The van der Waals surface area contributed by atoms with Crippen LogP contribution in [0.5, 0.6) is 0 Å². The molecule has 0 aliphatic rings. The summed E-state index contributed by atoms with van der Waals surface area (Å²) in [6.45, 7) is 2.74. The van der Waals surface area contributed by atoms with Crippen LogP contribution < -0.4 is 5.73 Å². The molecule has 1 atom stereocenters. The highest BCUT2D eigenvalue weighted by Crippen LogP contribution is 2.27. The maximum Gasteiger partial charge on any atom is 0.0470 e. The average Bonchev–Trinajstić information content (AvgIpc) is 2.24. The molecule has 2 nitrogen and oxygen atoms in total. The minimum Gasteiger partial charge on any atom is -0.385 e. The van der Waals surface area contributed by atoms with Crippen molar-refractivity contribution in [2.45, 2.75) is 24.3 Å². The predicted octanol–water partition coefficient (Wildman–Crippen LogP) is 3.49. The van der Waals surface area contributed by atoms with E-state index in [2.05, 4.69) is 6.07 Å². The Balaban J connectivity index is 2.53. The summed E-state index contributed by atoms with van der Waals surface area (Å²) in [5.74, 6) is 1.04. The zero-order valence-corrected chi connectivity index (χ0v) is 11.3. The summed E-state index contributed by atoms with van der Waals surface area (Å²) in [6, 6.07) is 6.05. The lowest BCUT2D eigenvalue weighted by atomic mass is 10.1. The van der Waals surface area contributed by atoms with Gasteiger partial charge in [-0.25, -0.2) is 0 Å². The van der Waals surface area contributed by atoms with E-state index < -0.39 is 0 Å². The molecule has 0 saturated carbocycles. The summed E-state index contributed by atoms with van der Waals surface area (Å²) >= 11 is 7.94. The summed E-state index contributed by atoms with van der Waals surface area (Å²) in [5, 5.41) is 0.756. The minimum atomic E-state index is -0.0139. The third-order valence-corrected chi connectivity index (χ3v) is 3.63. The van der Waals surface area contributed by atoms with Crippen molar-refractivity contribution in [1.29, 1.82) is 0 Å². The van der Waals surface area contributed by atoms with E-state index in [1.54, 1.807) is 18.9 Å². The Bertz CT molecular complexity index is 331. The van der Waals surface area contributed by atoms with Gasteiger partial charge >= 0.3 is 0 Å². The molecule has 0 amide bonds. The molecule has 1 rings (SSSR count). The van der Waals surface area contributed by atoms with Crippen LogP contribution in [-0.2, 0) is 4.74 Å². The summed E-state index contributed by atoms with van der Waals surface area (Å²) in [6.07, 6.45) is 1.05. The van der Waals surface area contributed by atoms with Crippen molar-refractivity contribution in [2.75, 3.05) is 19.5 Å². The molecule has 16 heavy (non-hydrogen) atoms. The topological polar surface area (TPSA) is 35.2 Å². The highest BCUT2D eigenvalue weighted by atomic mass is 35.5. The Hall–Kier alpha value is -0.220. The van der Waals surface area contributed by atoms with Gasteiger partial charge in [-0.05, 0) is 31.0 Å². The number of hydrogen-bond acceptors (Lipinski definition) is 3. The van der Waals surface area contributed by atoms with E-state index in [0.29, 0.717) is 0 Å². The first-order valence-corrected chi connectivity index (χ1v) is 6.68. The highest BCUT2D eigenvalue weighted by molar-refractivity contribution is 7.99. The zero-order chi connectivity index (χ0) is 12.0. The first-order valence-electron chi connectivity index (χ1n) is 5.32. The van der Waals surface area contributed by atoms with Crippen LogP contribution in [0.3, 0.4) is 0 Å². The van der Waals surface area contributed by atoms with Gasteiger partial charge in [-0.15, -0.1) is 11.8 Å². The highest BCUT2D eigenvalue weighted by Gasteiger charge is 2.05. The number of ether oxygens (including phenoxy) is 1. The van der Waals surface area contributed by atoms with Crippen LogP contribution in [-0.4, -0.2) is 19.5 Å². The molecule has 0 bridgehead atoms. The standard InChI is InChI=1S/C12H18ClNOS/c1-9(14)11-5-4-10(8-12(11)13)16-7-3-6-15-2/h4-5,8-9H,3,6-7,14H2,1-2H3. The SMILES string of the molecule is COCCCSc1ccc(C(C)N)c(Cl)c1. The van der Waals surface area contributed by atoms with Crippen LogP contribution in [0.1, 0.15) is 24.9 Å². The number of benzene rings is 1. The molecule has 0 spiro atoms. The monoisotopic (exact) mass is 259 g/mol. The molecule has 1 unspecified atom stereocenters. The molecule has 1 aromatic rings. The Morgan fingerprint density at radius 1 is 1.50 bits per heavy atom. The van der Waals surface area contributed by atoms with E-state index in [-0.39, 0.29) is 6.04 Å². The van der Waals surface area contributed by atoms with Gasteiger partial charge in [0.05, 0.1) is 0 Å². The van der Waals surface area contributed by atoms with E-state index in [1.165, 1.54) is 4.90 Å². The molecule has 0 aliphatic heterocycles. The quantitative estimate of drug-likeness (QED) is 0.627. The lowest BCUT2D eigenvalue weighted by Gasteiger charge is -2.09. The first-order chi connectivity index (χ1) is 7.65. The van der Waals surface area contributed by atoms with Gasteiger partial charge < -0.3 is 10.5 Å². The van der Waals surface area contributed by atoms with Crippen LogP contribution in [0.2, 0.25) is 5.02 Å². The van der Waals surface area contributed by atoms with E-state index in [0.717, 1.165) is 29.4 Å². The van der Waals surface area contributed by atoms with Gasteiger partial charge in [0.2, 0.25) is 0 Å². The molecule has 0 aromatic heterocycles. The first kappa shape index (κ1) is 13.8. The Kier molecular flexibility index (Phi) is 6.21. The van der Waals surface area contributed by atoms with Crippen LogP contribution in [0.4, 0.5) is 0 Å². The molecule has 4 heteroatoms. The molecule has 0 radical (unpaired) electrons. The second-order valence-corrected chi connectivity index (χ2v) is 5.24. The van der Waals surface area contributed by atoms with Crippen molar-refractivity contribution in [3.8, 4) is 0 Å². The molecule has 0 heterocycles. The van der Waals surface area contributed by atoms with Gasteiger partial charge in [-0.3, -0.25) is 0 Å². The van der Waals surface area contributed by atoms with Crippen LogP contribution in [0, 0.1) is 0 Å². The second kappa shape index (κ2) is 7.17. The fraction of sp³-hybridized carbons (Fsp3) is 0.500. The Morgan fingerprint density at radius 2 is 2.25 bits per heavy atom. The number of halogens is 1. The van der Waals surface area contributed by atoms with Gasteiger partial charge in [0.25, 0.3) is 0 Å².